The zero-order valence-corrected chi connectivity index (χ0v) is 11.7. The number of hydrogen-bond donors (Lipinski definition) is 2. The fraction of sp³-hybridized carbons (Fsp3) is 0.462. The van der Waals surface area contributed by atoms with Gasteiger partial charge in [-0.2, -0.15) is 0 Å². The number of nitrogens with one attached hydrogen (secondary N) is 2. The van der Waals surface area contributed by atoms with Gasteiger partial charge in [-0.05, 0) is 12.1 Å². The molecule has 0 aliphatic rings. The molecule has 0 aliphatic heterocycles. The van der Waals surface area contributed by atoms with E-state index in [9.17, 15) is 4.79 Å². The summed E-state index contributed by atoms with van der Waals surface area (Å²) in [6, 6.07) is 5.78. The molecule has 0 radical (unpaired) electrons. The minimum absolute atomic E-state index is 0.00841. The van der Waals surface area contributed by atoms with Crippen LogP contribution in [0.1, 0.15) is 19.4 Å². The van der Waals surface area contributed by atoms with Crippen molar-refractivity contribution in [2.75, 3.05) is 13.7 Å². The molecule has 0 aromatic heterocycles. The quantitative estimate of drug-likeness (QED) is 0.831. The average molecular weight is 271 g/mol. The molecule has 0 saturated heterocycles. The van der Waals surface area contributed by atoms with E-state index in [1.54, 1.807) is 13.1 Å². The van der Waals surface area contributed by atoms with Crippen LogP contribution < -0.4 is 15.4 Å². The van der Waals surface area contributed by atoms with Crippen molar-refractivity contribution in [3.8, 4) is 5.75 Å². The van der Waals surface area contributed by atoms with Gasteiger partial charge in [0.25, 0.3) is 5.91 Å². The minimum atomic E-state index is -0.169. The third kappa shape index (κ3) is 4.55. The predicted molar refractivity (Wildman–Crippen MR) is 73.0 cm³/mol. The summed E-state index contributed by atoms with van der Waals surface area (Å²) in [6.45, 7) is 4.72. The molecule has 0 bridgehead atoms. The average Bonchev–Trinajstić information content (AvgIpc) is 2.34. The number of amides is 1. The first-order chi connectivity index (χ1) is 8.54. The first-order valence-corrected chi connectivity index (χ1v) is 6.26. The van der Waals surface area contributed by atoms with Gasteiger partial charge in [0.2, 0.25) is 0 Å². The van der Waals surface area contributed by atoms with Crippen LogP contribution in [-0.4, -0.2) is 25.6 Å². The normalized spacial score (nSPS) is 10.5. The van der Waals surface area contributed by atoms with Crippen molar-refractivity contribution in [2.24, 2.45) is 0 Å². The summed E-state index contributed by atoms with van der Waals surface area (Å²) in [4.78, 5) is 11.2. The smallest absolute Gasteiger partial charge is 0.257 e. The molecule has 1 aromatic rings. The molecule has 5 heteroatoms. The summed E-state index contributed by atoms with van der Waals surface area (Å²) < 4.78 is 5.47. The molecule has 0 saturated carbocycles. The zero-order chi connectivity index (χ0) is 13.5. The summed E-state index contributed by atoms with van der Waals surface area (Å²) in [5.41, 5.74) is 0.872. The molecule has 18 heavy (non-hydrogen) atoms. The van der Waals surface area contributed by atoms with Crippen molar-refractivity contribution in [3.05, 3.63) is 28.8 Å². The molecule has 2 N–H and O–H groups in total. The Bertz CT molecular complexity index is 408. The first-order valence-electron chi connectivity index (χ1n) is 5.88. The van der Waals surface area contributed by atoms with Gasteiger partial charge in [-0.1, -0.05) is 31.5 Å². The second-order valence-corrected chi connectivity index (χ2v) is 4.62. The maximum absolute atomic E-state index is 11.2. The van der Waals surface area contributed by atoms with Gasteiger partial charge >= 0.3 is 0 Å². The first kappa shape index (κ1) is 14.8. The SMILES string of the molecule is CNC(=O)COc1cccc(Cl)c1CNC(C)C. The Labute approximate surface area is 113 Å². The van der Waals surface area contributed by atoms with Crippen molar-refractivity contribution in [2.45, 2.75) is 26.4 Å². The van der Waals surface area contributed by atoms with E-state index in [0.717, 1.165) is 5.56 Å². The summed E-state index contributed by atoms with van der Waals surface area (Å²) in [6.07, 6.45) is 0. The molecule has 0 fully saturated rings. The maximum atomic E-state index is 11.2. The van der Waals surface area contributed by atoms with E-state index in [-0.39, 0.29) is 12.5 Å². The molecule has 1 amide bonds. The Morgan fingerprint density at radius 3 is 2.78 bits per heavy atom. The van der Waals surface area contributed by atoms with Gasteiger partial charge in [-0.15, -0.1) is 0 Å². The van der Waals surface area contributed by atoms with E-state index >= 15 is 0 Å². The van der Waals surface area contributed by atoms with E-state index in [1.165, 1.54) is 0 Å². The lowest BCUT2D eigenvalue weighted by molar-refractivity contribution is -0.122. The monoisotopic (exact) mass is 270 g/mol. The third-order valence-electron chi connectivity index (χ3n) is 2.40. The largest absolute Gasteiger partial charge is 0.483 e. The summed E-state index contributed by atoms with van der Waals surface area (Å²) >= 11 is 6.14. The minimum Gasteiger partial charge on any atom is -0.483 e. The molecule has 0 spiro atoms. The second kappa shape index (κ2) is 7.24. The van der Waals surface area contributed by atoms with Crippen molar-refractivity contribution >= 4 is 17.5 Å². The van der Waals surface area contributed by atoms with Gasteiger partial charge in [0.15, 0.2) is 6.61 Å². The predicted octanol–water partition coefficient (Wildman–Crippen LogP) is 1.96. The summed E-state index contributed by atoms with van der Waals surface area (Å²) in [5, 5.41) is 6.42. The highest BCUT2D eigenvalue weighted by molar-refractivity contribution is 6.31. The molecule has 100 valence electrons. The number of rotatable bonds is 6. The van der Waals surface area contributed by atoms with Crippen LogP contribution in [0.2, 0.25) is 5.02 Å². The van der Waals surface area contributed by atoms with Gasteiger partial charge in [0.05, 0.1) is 0 Å². The fourth-order valence-electron chi connectivity index (χ4n) is 1.37. The Balaban J connectivity index is 2.76. The number of likely N-dealkylation sites (N-methyl/N-ethyl adjacent to an activating group) is 1. The van der Waals surface area contributed by atoms with E-state index in [4.69, 9.17) is 16.3 Å². The molecule has 0 unspecified atom stereocenters. The Hall–Kier alpha value is -1.26. The summed E-state index contributed by atoms with van der Waals surface area (Å²) in [7, 11) is 1.57. The van der Waals surface area contributed by atoms with E-state index in [2.05, 4.69) is 24.5 Å². The topological polar surface area (TPSA) is 50.4 Å². The number of halogens is 1. The standard InChI is InChI=1S/C13H19ClN2O2/c1-9(2)16-7-10-11(14)5-4-6-12(10)18-8-13(17)15-3/h4-6,9,16H,7-8H2,1-3H3,(H,15,17). The number of ether oxygens (including phenoxy) is 1. The van der Waals surface area contributed by atoms with Crippen LogP contribution in [0.15, 0.2) is 18.2 Å². The maximum Gasteiger partial charge on any atom is 0.257 e. The van der Waals surface area contributed by atoms with Crippen LogP contribution in [0.25, 0.3) is 0 Å². The lowest BCUT2D eigenvalue weighted by atomic mass is 10.2. The number of carbonyl (C=O) groups is 1. The van der Waals surface area contributed by atoms with Gasteiger partial charge < -0.3 is 15.4 Å². The molecular formula is C13H19ClN2O2. The molecule has 1 rings (SSSR count). The van der Waals surface area contributed by atoms with Crippen molar-refractivity contribution < 1.29 is 9.53 Å². The van der Waals surface area contributed by atoms with Crippen LogP contribution in [0, 0.1) is 0 Å². The fourth-order valence-corrected chi connectivity index (χ4v) is 1.60. The lowest BCUT2D eigenvalue weighted by Gasteiger charge is -2.14. The van der Waals surface area contributed by atoms with Crippen LogP contribution in [0.4, 0.5) is 0 Å². The van der Waals surface area contributed by atoms with Gasteiger partial charge in [-0.3, -0.25) is 4.79 Å². The second-order valence-electron chi connectivity index (χ2n) is 4.21. The Morgan fingerprint density at radius 2 is 2.17 bits per heavy atom. The molecule has 0 atom stereocenters. The number of carbonyl (C=O) groups excluding carboxylic acids is 1. The molecule has 1 aromatic carbocycles. The van der Waals surface area contributed by atoms with Gasteiger partial charge in [0.1, 0.15) is 5.75 Å². The van der Waals surface area contributed by atoms with Crippen molar-refractivity contribution in [3.63, 3.8) is 0 Å². The van der Waals surface area contributed by atoms with Crippen molar-refractivity contribution in [1.82, 2.24) is 10.6 Å². The van der Waals surface area contributed by atoms with Crippen LogP contribution in [0.3, 0.4) is 0 Å². The lowest BCUT2D eigenvalue weighted by Crippen LogP contribution is -2.26. The van der Waals surface area contributed by atoms with E-state index in [1.807, 2.05) is 12.1 Å². The summed E-state index contributed by atoms with van der Waals surface area (Å²) in [5.74, 6) is 0.469. The number of hydrogen-bond acceptors (Lipinski definition) is 3. The van der Waals surface area contributed by atoms with Crippen LogP contribution in [-0.2, 0) is 11.3 Å². The number of benzene rings is 1. The highest BCUT2D eigenvalue weighted by atomic mass is 35.5. The Morgan fingerprint density at radius 1 is 1.44 bits per heavy atom. The Kier molecular flexibility index (Phi) is 5.95. The molecular weight excluding hydrogens is 252 g/mol. The van der Waals surface area contributed by atoms with Crippen LogP contribution in [0.5, 0.6) is 5.75 Å². The molecule has 0 aliphatic carbocycles. The molecule has 0 heterocycles. The zero-order valence-electron chi connectivity index (χ0n) is 10.9. The van der Waals surface area contributed by atoms with Gasteiger partial charge in [0, 0.05) is 30.2 Å². The van der Waals surface area contributed by atoms with E-state index < -0.39 is 0 Å². The van der Waals surface area contributed by atoms with Gasteiger partial charge in [-0.25, -0.2) is 0 Å². The van der Waals surface area contributed by atoms with Crippen LogP contribution >= 0.6 is 11.6 Å². The molecule has 4 nitrogen and oxygen atoms in total. The third-order valence-corrected chi connectivity index (χ3v) is 2.75. The highest BCUT2D eigenvalue weighted by Gasteiger charge is 2.10. The van der Waals surface area contributed by atoms with E-state index in [0.29, 0.717) is 23.4 Å². The highest BCUT2D eigenvalue weighted by Crippen LogP contribution is 2.26. The van der Waals surface area contributed by atoms with Crippen molar-refractivity contribution in [1.29, 1.82) is 0 Å².